The zero-order valence-electron chi connectivity index (χ0n) is 15.0. The minimum atomic E-state index is -3.34. The molecule has 0 spiro atoms. The highest BCUT2D eigenvalue weighted by Gasteiger charge is 2.16. The summed E-state index contributed by atoms with van der Waals surface area (Å²) in [6, 6.07) is 16.5. The van der Waals surface area contributed by atoms with Gasteiger partial charge in [0.2, 0.25) is 0 Å². The van der Waals surface area contributed by atoms with Crippen molar-refractivity contribution in [3.05, 3.63) is 89.6 Å². The summed E-state index contributed by atoms with van der Waals surface area (Å²) in [4.78, 5) is 0.234. The third-order valence-corrected chi connectivity index (χ3v) is 5.74. The lowest BCUT2D eigenvalue weighted by Gasteiger charge is -2.11. The van der Waals surface area contributed by atoms with Gasteiger partial charge in [0, 0.05) is 29.8 Å². The zero-order chi connectivity index (χ0) is 19.9. The Morgan fingerprint density at radius 2 is 1.82 bits per heavy atom. The molecule has 0 aliphatic heterocycles. The molecule has 2 aromatic heterocycles. The molecule has 0 aliphatic rings. The van der Waals surface area contributed by atoms with Crippen LogP contribution in [-0.2, 0) is 16.4 Å². The van der Waals surface area contributed by atoms with Crippen molar-refractivity contribution >= 4 is 20.7 Å². The molecule has 28 heavy (non-hydrogen) atoms. The minimum Gasteiger partial charge on any atom is -0.619 e. The average molecular weight is 396 g/mol. The molecule has 0 saturated carbocycles. The Labute approximate surface area is 161 Å². The molecule has 4 aromatic rings. The number of aromatic nitrogens is 2. The van der Waals surface area contributed by atoms with Crippen LogP contribution in [0.4, 0.5) is 4.39 Å². The topological polar surface area (TPSA) is 66.0 Å². The van der Waals surface area contributed by atoms with Crippen molar-refractivity contribution in [1.82, 2.24) is 4.57 Å². The van der Waals surface area contributed by atoms with Crippen LogP contribution in [0.1, 0.15) is 5.56 Å². The highest BCUT2D eigenvalue weighted by atomic mass is 32.2. The molecule has 0 N–H and O–H groups in total. The van der Waals surface area contributed by atoms with Gasteiger partial charge in [0.05, 0.1) is 16.2 Å². The lowest BCUT2D eigenvalue weighted by Crippen LogP contribution is -2.24. The summed E-state index contributed by atoms with van der Waals surface area (Å²) in [5, 5.41) is 12.5. The molecular weight excluding hydrogens is 379 g/mol. The van der Waals surface area contributed by atoms with Gasteiger partial charge < -0.3 is 9.77 Å². The van der Waals surface area contributed by atoms with Gasteiger partial charge >= 0.3 is 0 Å². The molecule has 0 unspecified atom stereocenters. The molecule has 0 radical (unpaired) electrons. The fraction of sp³-hybridized carbons (Fsp3) is 0.0952. The molecule has 7 heteroatoms. The van der Waals surface area contributed by atoms with Crippen molar-refractivity contribution in [2.24, 2.45) is 0 Å². The van der Waals surface area contributed by atoms with Crippen molar-refractivity contribution in [3.8, 4) is 11.3 Å². The van der Waals surface area contributed by atoms with E-state index in [9.17, 15) is 18.0 Å². The molecule has 0 aliphatic carbocycles. The predicted octanol–water partition coefficient (Wildman–Crippen LogP) is 3.53. The smallest absolute Gasteiger partial charge is 0.189 e. The van der Waals surface area contributed by atoms with E-state index >= 15 is 0 Å². The molecule has 2 heterocycles. The lowest BCUT2D eigenvalue weighted by atomic mass is 10.2. The molecule has 0 bridgehead atoms. The van der Waals surface area contributed by atoms with Gasteiger partial charge in [-0.15, -0.1) is 0 Å². The van der Waals surface area contributed by atoms with Gasteiger partial charge in [-0.05, 0) is 48.0 Å². The Kier molecular flexibility index (Phi) is 4.39. The highest BCUT2D eigenvalue weighted by Crippen LogP contribution is 2.30. The van der Waals surface area contributed by atoms with E-state index in [4.69, 9.17) is 0 Å². The zero-order valence-corrected chi connectivity index (χ0v) is 15.9. The average Bonchev–Trinajstić information content (AvgIpc) is 3.01. The fourth-order valence-corrected chi connectivity index (χ4v) is 3.92. The van der Waals surface area contributed by atoms with Crippen molar-refractivity contribution in [1.29, 1.82) is 0 Å². The second-order valence-electron chi connectivity index (χ2n) is 6.69. The largest absolute Gasteiger partial charge is 0.619 e. The Morgan fingerprint density at radius 1 is 1.07 bits per heavy atom. The molecule has 0 amide bonds. The molecule has 142 valence electrons. The van der Waals surface area contributed by atoms with E-state index in [2.05, 4.69) is 0 Å². The molecule has 2 aromatic carbocycles. The van der Waals surface area contributed by atoms with Gasteiger partial charge in [-0.25, -0.2) is 12.8 Å². The highest BCUT2D eigenvalue weighted by molar-refractivity contribution is 7.90. The summed E-state index contributed by atoms with van der Waals surface area (Å²) in [5.41, 5.74) is 3.19. The first kappa shape index (κ1) is 18.2. The first-order valence-electron chi connectivity index (χ1n) is 8.58. The minimum absolute atomic E-state index is 0.234. The molecule has 5 nitrogen and oxygen atoms in total. The summed E-state index contributed by atoms with van der Waals surface area (Å²) >= 11 is 0. The monoisotopic (exact) mass is 396 g/mol. The van der Waals surface area contributed by atoms with Crippen molar-refractivity contribution in [2.45, 2.75) is 11.4 Å². The third-order valence-electron chi connectivity index (χ3n) is 4.63. The van der Waals surface area contributed by atoms with Crippen LogP contribution in [-0.4, -0.2) is 19.2 Å². The SMILES string of the molecule is CS(=O)(=O)c1ccc2c(c1)cc(-c1ccc[n+]([O-])c1)n2Cc1ccc(F)cc1. The van der Waals surface area contributed by atoms with Crippen molar-refractivity contribution in [2.75, 3.05) is 6.26 Å². The van der Waals surface area contributed by atoms with E-state index in [-0.39, 0.29) is 10.7 Å². The summed E-state index contributed by atoms with van der Waals surface area (Å²) in [6.45, 7) is 0.449. The maximum Gasteiger partial charge on any atom is 0.189 e. The first-order valence-corrected chi connectivity index (χ1v) is 10.5. The van der Waals surface area contributed by atoms with Crippen LogP contribution in [0.3, 0.4) is 0 Å². The van der Waals surface area contributed by atoms with Gasteiger partial charge in [-0.2, -0.15) is 4.73 Å². The maximum atomic E-state index is 13.3. The standard InChI is InChI=1S/C21H17FN2O3S/c1-28(26,27)19-8-9-20-17(11-19)12-21(16-3-2-10-23(25)14-16)24(20)13-15-4-6-18(22)7-5-15/h2-12,14H,13H2,1H3. The van der Waals surface area contributed by atoms with E-state index in [1.165, 1.54) is 30.8 Å². The number of halogens is 1. The molecule has 0 fully saturated rings. The summed E-state index contributed by atoms with van der Waals surface area (Å²) in [6.07, 6.45) is 4.03. The second-order valence-corrected chi connectivity index (χ2v) is 8.70. The fourth-order valence-electron chi connectivity index (χ4n) is 3.27. The van der Waals surface area contributed by atoms with Gasteiger partial charge in [0.1, 0.15) is 5.82 Å². The van der Waals surface area contributed by atoms with Crippen LogP contribution < -0.4 is 4.73 Å². The summed E-state index contributed by atoms with van der Waals surface area (Å²) < 4.78 is 39.8. The van der Waals surface area contributed by atoms with Crippen LogP contribution in [0.25, 0.3) is 22.2 Å². The van der Waals surface area contributed by atoms with E-state index in [1.807, 2.05) is 16.7 Å². The second kappa shape index (κ2) is 6.76. The van der Waals surface area contributed by atoms with Crippen molar-refractivity contribution < 1.29 is 17.5 Å². The molecule has 0 atom stereocenters. The number of benzene rings is 2. The number of nitrogens with zero attached hydrogens (tertiary/aromatic N) is 2. The van der Waals surface area contributed by atoms with Gasteiger partial charge in [-0.3, -0.25) is 0 Å². The number of fused-ring (bicyclic) bond motifs is 1. The Bertz CT molecular complexity index is 1280. The number of hydrogen-bond acceptors (Lipinski definition) is 3. The van der Waals surface area contributed by atoms with Gasteiger partial charge in [0.15, 0.2) is 22.2 Å². The lowest BCUT2D eigenvalue weighted by molar-refractivity contribution is -0.604. The first-order chi connectivity index (χ1) is 13.3. The number of rotatable bonds is 4. The quantitative estimate of drug-likeness (QED) is 0.392. The van der Waals surface area contributed by atoms with E-state index in [0.29, 0.717) is 12.1 Å². The van der Waals surface area contributed by atoms with E-state index < -0.39 is 9.84 Å². The summed E-state index contributed by atoms with van der Waals surface area (Å²) in [5.74, 6) is -0.311. The summed E-state index contributed by atoms with van der Waals surface area (Å²) in [7, 11) is -3.34. The van der Waals surface area contributed by atoms with E-state index in [0.717, 1.165) is 26.9 Å². The Morgan fingerprint density at radius 3 is 2.50 bits per heavy atom. The molecule has 4 rings (SSSR count). The molecule has 0 saturated heterocycles. The van der Waals surface area contributed by atoms with E-state index in [1.54, 1.807) is 36.4 Å². The van der Waals surface area contributed by atoms with Crippen LogP contribution >= 0.6 is 0 Å². The molecular formula is C21H17FN2O3S. The van der Waals surface area contributed by atoms with Gasteiger partial charge in [-0.1, -0.05) is 12.1 Å². The third kappa shape index (κ3) is 3.48. The Balaban J connectivity index is 1.93. The number of pyridine rings is 1. The Hall–Kier alpha value is -3.19. The van der Waals surface area contributed by atoms with Crippen molar-refractivity contribution in [3.63, 3.8) is 0 Å². The van der Waals surface area contributed by atoms with Crippen LogP contribution in [0.15, 0.2) is 78.0 Å². The predicted molar refractivity (Wildman–Crippen MR) is 105 cm³/mol. The number of sulfone groups is 1. The van der Waals surface area contributed by atoms with Gasteiger partial charge in [0.25, 0.3) is 0 Å². The maximum absolute atomic E-state index is 13.3. The number of hydrogen-bond donors (Lipinski definition) is 0. The van der Waals surface area contributed by atoms with Crippen LogP contribution in [0.5, 0.6) is 0 Å². The van der Waals surface area contributed by atoms with Crippen LogP contribution in [0.2, 0.25) is 0 Å². The van der Waals surface area contributed by atoms with Crippen LogP contribution in [0, 0.1) is 11.0 Å². The normalized spacial score (nSPS) is 11.8.